The molecule has 0 bridgehead atoms. The van der Waals surface area contributed by atoms with Gasteiger partial charge >= 0.3 is 0 Å². The summed E-state index contributed by atoms with van der Waals surface area (Å²) in [7, 11) is 0. The van der Waals surface area contributed by atoms with Crippen LogP contribution in [0.5, 0.6) is 0 Å². The first-order valence-electron chi connectivity index (χ1n) is 6.07. The molecule has 1 N–H and O–H groups in total. The molecular formula is C12H21N3O2. The van der Waals surface area contributed by atoms with Gasteiger partial charge < -0.3 is 10.2 Å². The van der Waals surface area contributed by atoms with Gasteiger partial charge in [-0.1, -0.05) is 13.5 Å². The smallest absolute Gasteiger partial charge is 0.246 e. The summed E-state index contributed by atoms with van der Waals surface area (Å²) in [5.74, 6) is 0.0374. The zero-order valence-electron chi connectivity index (χ0n) is 10.4. The summed E-state index contributed by atoms with van der Waals surface area (Å²) in [6.07, 6.45) is 2.29. The highest BCUT2D eigenvalue weighted by atomic mass is 16.2. The molecule has 0 aromatic rings. The molecule has 0 radical (unpaired) electrons. The lowest BCUT2D eigenvalue weighted by Gasteiger charge is -2.33. The van der Waals surface area contributed by atoms with Crippen LogP contribution < -0.4 is 5.32 Å². The molecule has 0 aromatic heterocycles. The molecule has 1 fully saturated rings. The van der Waals surface area contributed by atoms with Gasteiger partial charge in [0, 0.05) is 32.7 Å². The van der Waals surface area contributed by atoms with Crippen LogP contribution in [0.25, 0.3) is 0 Å². The van der Waals surface area contributed by atoms with Crippen molar-refractivity contribution in [2.45, 2.75) is 13.3 Å². The normalized spacial score (nSPS) is 16.6. The molecule has 1 aliphatic heterocycles. The predicted octanol–water partition coefficient (Wildman–Crippen LogP) is -0.157. The third-order valence-corrected chi connectivity index (χ3v) is 2.80. The molecule has 17 heavy (non-hydrogen) atoms. The Morgan fingerprint density at radius 1 is 1.29 bits per heavy atom. The Morgan fingerprint density at radius 2 is 1.94 bits per heavy atom. The average Bonchev–Trinajstić information content (AvgIpc) is 2.36. The maximum Gasteiger partial charge on any atom is 0.246 e. The molecule has 2 amide bonds. The van der Waals surface area contributed by atoms with E-state index in [1.54, 1.807) is 4.90 Å². The molecule has 1 heterocycles. The number of piperazine rings is 1. The van der Waals surface area contributed by atoms with Gasteiger partial charge in [0.25, 0.3) is 0 Å². The fraction of sp³-hybridized carbons (Fsp3) is 0.667. The number of amides is 2. The van der Waals surface area contributed by atoms with Gasteiger partial charge in [-0.15, -0.1) is 0 Å². The third kappa shape index (κ3) is 4.56. The van der Waals surface area contributed by atoms with Crippen LogP contribution in [-0.2, 0) is 9.59 Å². The lowest BCUT2D eigenvalue weighted by atomic mass is 10.3. The molecule has 5 heteroatoms. The highest BCUT2D eigenvalue weighted by Gasteiger charge is 2.20. The summed E-state index contributed by atoms with van der Waals surface area (Å²) >= 11 is 0. The monoisotopic (exact) mass is 239 g/mol. The Morgan fingerprint density at radius 3 is 2.47 bits per heavy atom. The van der Waals surface area contributed by atoms with Crippen LogP contribution in [0.1, 0.15) is 13.3 Å². The zero-order valence-corrected chi connectivity index (χ0v) is 10.4. The Hall–Kier alpha value is -1.36. The van der Waals surface area contributed by atoms with E-state index in [1.165, 1.54) is 6.08 Å². The van der Waals surface area contributed by atoms with E-state index in [0.717, 1.165) is 26.1 Å². The van der Waals surface area contributed by atoms with Gasteiger partial charge in [-0.2, -0.15) is 0 Å². The van der Waals surface area contributed by atoms with E-state index in [1.807, 2.05) is 6.92 Å². The summed E-state index contributed by atoms with van der Waals surface area (Å²) in [6.45, 7) is 9.50. The van der Waals surface area contributed by atoms with Crippen LogP contribution in [0.15, 0.2) is 12.7 Å². The highest BCUT2D eigenvalue weighted by Crippen LogP contribution is 2.01. The average molecular weight is 239 g/mol. The van der Waals surface area contributed by atoms with Gasteiger partial charge in [0.1, 0.15) is 0 Å². The second-order valence-corrected chi connectivity index (χ2v) is 4.16. The fourth-order valence-electron chi connectivity index (χ4n) is 1.78. The number of carbonyl (C=O) groups is 2. The van der Waals surface area contributed by atoms with Gasteiger partial charge in [0.15, 0.2) is 0 Å². The van der Waals surface area contributed by atoms with E-state index in [0.29, 0.717) is 19.6 Å². The molecule has 1 saturated heterocycles. The number of carbonyl (C=O) groups excluding carboxylic acids is 2. The Bertz CT molecular complexity index is 283. The van der Waals surface area contributed by atoms with Crippen molar-refractivity contribution in [2.24, 2.45) is 0 Å². The molecule has 0 aromatic carbocycles. The highest BCUT2D eigenvalue weighted by molar-refractivity contribution is 5.87. The zero-order chi connectivity index (χ0) is 12.7. The molecule has 1 aliphatic rings. The van der Waals surface area contributed by atoms with Gasteiger partial charge in [0.05, 0.1) is 6.54 Å². The maximum atomic E-state index is 11.5. The lowest BCUT2D eigenvalue weighted by molar-refractivity contribution is -0.128. The van der Waals surface area contributed by atoms with E-state index in [4.69, 9.17) is 0 Å². The van der Waals surface area contributed by atoms with E-state index in [9.17, 15) is 9.59 Å². The van der Waals surface area contributed by atoms with E-state index in [-0.39, 0.29) is 11.8 Å². The van der Waals surface area contributed by atoms with Crippen LogP contribution in [0.2, 0.25) is 0 Å². The number of hydrogen-bond acceptors (Lipinski definition) is 3. The third-order valence-electron chi connectivity index (χ3n) is 2.80. The molecule has 0 unspecified atom stereocenters. The van der Waals surface area contributed by atoms with Gasteiger partial charge in [-0.05, 0) is 12.5 Å². The van der Waals surface area contributed by atoms with Crippen molar-refractivity contribution in [3.05, 3.63) is 12.7 Å². The van der Waals surface area contributed by atoms with E-state index in [2.05, 4.69) is 16.8 Å². The largest absolute Gasteiger partial charge is 0.355 e. The number of nitrogens with one attached hydrogen (secondary N) is 1. The minimum Gasteiger partial charge on any atom is -0.355 e. The van der Waals surface area contributed by atoms with Crippen molar-refractivity contribution >= 4 is 11.8 Å². The summed E-state index contributed by atoms with van der Waals surface area (Å²) in [6, 6.07) is 0. The number of rotatable bonds is 5. The minimum absolute atomic E-state index is 0.0277. The predicted molar refractivity (Wildman–Crippen MR) is 66.5 cm³/mol. The van der Waals surface area contributed by atoms with Crippen LogP contribution >= 0.6 is 0 Å². The summed E-state index contributed by atoms with van der Waals surface area (Å²) in [5, 5.41) is 2.85. The van der Waals surface area contributed by atoms with Crippen molar-refractivity contribution in [3.8, 4) is 0 Å². The first kappa shape index (κ1) is 13.7. The molecular weight excluding hydrogens is 218 g/mol. The van der Waals surface area contributed by atoms with Gasteiger partial charge in [-0.25, -0.2) is 0 Å². The molecule has 1 rings (SSSR count). The fourth-order valence-corrected chi connectivity index (χ4v) is 1.78. The topological polar surface area (TPSA) is 52.7 Å². The standard InChI is InChI=1S/C12H21N3O2/c1-3-5-13-11(16)10-14-6-8-15(9-7-14)12(17)4-2/h4H,2-3,5-10H2,1H3,(H,13,16). The van der Waals surface area contributed by atoms with Crippen molar-refractivity contribution in [1.82, 2.24) is 15.1 Å². The first-order valence-corrected chi connectivity index (χ1v) is 6.07. The molecule has 0 saturated carbocycles. The molecule has 5 nitrogen and oxygen atoms in total. The molecule has 0 aliphatic carbocycles. The number of hydrogen-bond donors (Lipinski definition) is 1. The lowest BCUT2D eigenvalue weighted by Crippen LogP contribution is -2.50. The summed E-state index contributed by atoms with van der Waals surface area (Å²) in [5.41, 5.74) is 0. The van der Waals surface area contributed by atoms with Crippen LogP contribution in [0.4, 0.5) is 0 Å². The van der Waals surface area contributed by atoms with Crippen molar-refractivity contribution in [2.75, 3.05) is 39.3 Å². The second kappa shape index (κ2) is 7.06. The van der Waals surface area contributed by atoms with Crippen molar-refractivity contribution in [3.63, 3.8) is 0 Å². The molecule has 0 atom stereocenters. The Labute approximate surface area is 102 Å². The quantitative estimate of drug-likeness (QED) is 0.678. The Kier molecular flexibility index (Phi) is 5.69. The van der Waals surface area contributed by atoms with Gasteiger partial charge in [0.2, 0.25) is 11.8 Å². The number of nitrogens with zero attached hydrogens (tertiary/aromatic N) is 2. The summed E-state index contributed by atoms with van der Waals surface area (Å²) in [4.78, 5) is 26.7. The molecule has 0 spiro atoms. The van der Waals surface area contributed by atoms with Crippen LogP contribution in [-0.4, -0.2) is 60.9 Å². The minimum atomic E-state index is -0.0277. The van der Waals surface area contributed by atoms with Crippen molar-refractivity contribution < 1.29 is 9.59 Å². The SMILES string of the molecule is C=CC(=O)N1CCN(CC(=O)NCCC)CC1. The summed E-state index contributed by atoms with van der Waals surface area (Å²) < 4.78 is 0. The van der Waals surface area contributed by atoms with E-state index < -0.39 is 0 Å². The van der Waals surface area contributed by atoms with E-state index >= 15 is 0 Å². The van der Waals surface area contributed by atoms with Crippen LogP contribution in [0.3, 0.4) is 0 Å². The molecule has 96 valence electrons. The van der Waals surface area contributed by atoms with Gasteiger partial charge in [-0.3, -0.25) is 14.5 Å². The van der Waals surface area contributed by atoms with Crippen molar-refractivity contribution in [1.29, 1.82) is 0 Å². The Balaban J connectivity index is 2.25. The second-order valence-electron chi connectivity index (χ2n) is 4.16. The maximum absolute atomic E-state index is 11.5. The first-order chi connectivity index (χ1) is 8.17. The van der Waals surface area contributed by atoms with Crippen LogP contribution in [0, 0.1) is 0 Å².